The number of ether oxygens (including phenoxy) is 2. The van der Waals surface area contributed by atoms with Crippen molar-refractivity contribution in [2.45, 2.75) is 51.0 Å². The number of hydrogen-bond acceptors (Lipinski definition) is 4. The first-order valence-electron chi connectivity index (χ1n) is 9.79. The fourth-order valence-electron chi connectivity index (χ4n) is 3.73. The van der Waals surface area contributed by atoms with Crippen LogP contribution in [0.5, 0.6) is 11.6 Å². The second-order valence-electron chi connectivity index (χ2n) is 7.08. The van der Waals surface area contributed by atoms with Crippen molar-refractivity contribution in [2.24, 2.45) is 4.99 Å². The number of benzene rings is 1. The lowest BCUT2D eigenvalue weighted by Gasteiger charge is -2.22. The molecule has 2 N–H and O–H groups in total. The van der Waals surface area contributed by atoms with Crippen LogP contribution in [0.2, 0.25) is 0 Å². The molecule has 0 radical (unpaired) electrons. The quantitative estimate of drug-likeness (QED) is 0.590. The zero-order chi connectivity index (χ0) is 19.3. The molecule has 2 saturated heterocycles. The molecule has 2 aliphatic rings. The van der Waals surface area contributed by atoms with Gasteiger partial charge in [0.05, 0.1) is 24.8 Å². The Hall–Kier alpha value is -2.67. The molecular formula is C21H25FN4O2. The molecule has 1 aromatic heterocycles. The van der Waals surface area contributed by atoms with Crippen molar-refractivity contribution in [3.63, 3.8) is 0 Å². The molecule has 4 rings (SSSR count). The molecule has 3 unspecified atom stereocenters. The van der Waals surface area contributed by atoms with E-state index in [0.717, 1.165) is 37.3 Å². The molecule has 0 saturated carbocycles. The standard InChI is InChI=1S/C21H25FN4O2/c1-2-23-21(26-18-12-17-8-9-19(18)27-17)25-13-14-5-4-10-24-20(14)28-16-7-3-6-15(22)11-16/h3-7,10-11,17-19H,2,8-9,12-13H2,1H3,(H2,23,25,26). The number of guanidine groups is 1. The van der Waals surface area contributed by atoms with E-state index in [2.05, 4.69) is 15.6 Å². The topological polar surface area (TPSA) is 67.8 Å². The van der Waals surface area contributed by atoms with Crippen molar-refractivity contribution < 1.29 is 13.9 Å². The molecule has 2 fully saturated rings. The second kappa shape index (κ2) is 8.56. The number of aliphatic imine (C=N–C) groups is 1. The summed E-state index contributed by atoms with van der Waals surface area (Å²) in [4.78, 5) is 8.98. The number of nitrogens with zero attached hydrogens (tertiary/aromatic N) is 2. The van der Waals surface area contributed by atoms with E-state index in [4.69, 9.17) is 14.5 Å². The summed E-state index contributed by atoms with van der Waals surface area (Å²) in [5.41, 5.74) is 0.827. The maximum absolute atomic E-state index is 13.4. The number of rotatable bonds is 6. The van der Waals surface area contributed by atoms with Crippen molar-refractivity contribution in [2.75, 3.05) is 6.54 Å². The van der Waals surface area contributed by atoms with Gasteiger partial charge in [0.25, 0.3) is 0 Å². The molecule has 2 aliphatic heterocycles. The SMILES string of the molecule is CCNC(=NCc1cccnc1Oc1cccc(F)c1)NC1CC2CCC1O2. The zero-order valence-electron chi connectivity index (χ0n) is 15.9. The summed E-state index contributed by atoms with van der Waals surface area (Å²) in [6.07, 6.45) is 5.60. The van der Waals surface area contributed by atoms with Gasteiger partial charge in [-0.2, -0.15) is 0 Å². The van der Waals surface area contributed by atoms with Gasteiger partial charge in [0.1, 0.15) is 11.6 Å². The average Bonchev–Trinajstić information content (AvgIpc) is 3.30. The fourth-order valence-corrected chi connectivity index (χ4v) is 3.73. The number of pyridine rings is 1. The number of hydrogen-bond donors (Lipinski definition) is 2. The first-order valence-corrected chi connectivity index (χ1v) is 9.79. The monoisotopic (exact) mass is 384 g/mol. The van der Waals surface area contributed by atoms with Crippen molar-refractivity contribution in [3.8, 4) is 11.6 Å². The van der Waals surface area contributed by atoms with Gasteiger partial charge in [0.15, 0.2) is 5.96 Å². The molecule has 0 aliphatic carbocycles. The van der Waals surface area contributed by atoms with E-state index >= 15 is 0 Å². The highest BCUT2D eigenvalue weighted by Crippen LogP contribution is 2.34. The third-order valence-electron chi connectivity index (χ3n) is 5.04. The van der Waals surface area contributed by atoms with Gasteiger partial charge < -0.3 is 20.1 Å². The van der Waals surface area contributed by atoms with E-state index in [1.165, 1.54) is 12.1 Å². The molecule has 3 atom stereocenters. The Bertz CT molecular complexity index is 845. The van der Waals surface area contributed by atoms with Crippen LogP contribution in [0.1, 0.15) is 31.7 Å². The Morgan fingerprint density at radius 2 is 2.25 bits per heavy atom. The minimum absolute atomic E-state index is 0.277. The minimum Gasteiger partial charge on any atom is -0.439 e. The average molecular weight is 384 g/mol. The summed E-state index contributed by atoms with van der Waals surface area (Å²) in [6.45, 7) is 3.21. The molecule has 0 amide bonds. The van der Waals surface area contributed by atoms with Crippen LogP contribution in [0, 0.1) is 5.82 Å². The van der Waals surface area contributed by atoms with Crippen molar-refractivity contribution >= 4 is 5.96 Å². The van der Waals surface area contributed by atoms with E-state index in [-0.39, 0.29) is 11.9 Å². The Balaban J connectivity index is 1.46. The first kappa shape index (κ1) is 18.7. The maximum Gasteiger partial charge on any atom is 0.224 e. The van der Waals surface area contributed by atoms with E-state index in [0.29, 0.717) is 30.3 Å². The van der Waals surface area contributed by atoms with E-state index in [1.807, 2.05) is 19.1 Å². The van der Waals surface area contributed by atoms with Crippen LogP contribution in [0.3, 0.4) is 0 Å². The van der Waals surface area contributed by atoms with Gasteiger partial charge in [0, 0.05) is 24.4 Å². The number of halogens is 1. The van der Waals surface area contributed by atoms with Crippen LogP contribution < -0.4 is 15.4 Å². The van der Waals surface area contributed by atoms with Crippen molar-refractivity contribution in [3.05, 3.63) is 54.0 Å². The summed E-state index contributed by atoms with van der Waals surface area (Å²) < 4.78 is 25.1. The van der Waals surface area contributed by atoms with Gasteiger partial charge in [-0.15, -0.1) is 0 Å². The molecule has 1 aromatic carbocycles. The molecule has 0 spiro atoms. The van der Waals surface area contributed by atoms with Crippen LogP contribution in [-0.2, 0) is 11.3 Å². The van der Waals surface area contributed by atoms with E-state index in [1.54, 1.807) is 18.3 Å². The van der Waals surface area contributed by atoms with Crippen LogP contribution in [0.25, 0.3) is 0 Å². The molecule has 28 heavy (non-hydrogen) atoms. The molecule has 2 bridgehead atoms. The van der Waals surface area contributed by atoms with Crippen molar-refractivity contribution in [1.29, 1.82) is 0 Å². The van der Waals surface area contributed by atoms with Gasteiger partial charge in [0.2, 0.25) is 5.88 Å². The van der Waals surface area contributed by atoms with Crippen LogP contribution >= 0.6 is 0 Å². The summed E-state index contributed by atoms with van der Waals surface area (Å²) in [6, 6.07) is 10.1. The van der Waals surface area contributed by atoms with Crippen LogP contribution in [-0.4, -0.2) is 35.7 Å². The number of aromatic nitrogens is 1. The Kier molecular flexibility index (Phi) is 5.71. The molecular weight excluding hydrogens is 359 g/mol. The summed E-state index contributed by atoms with van der Waals surface area (Å²) in [5.74, 6) is 1.24. The van der Waals surface area contributed by atoms with Crippen LogP contribution in [0.15, 0.2) is 47.6 Å². The lowest BCUT2D eigenvalue weighted by Crippen LogP contribution is -2.47. The Morgan fingerprint density at radius 3 is 3.00 bits per heavy atom. The molecule has 3 heterocycles. The second-order valence-corrected chi connectivity index (χ2v) is 7.08. The predicted molar refractivity (Wildman–Crippen MR) is 105 cm³/mol. The smallest absolute Gasteiger partial charge is 0.224 e. The van der Waals surface area contributed by atoms with Gasteiger partial charge in [-0.3, -0.25) is 0 Å². The van der Waals surface area contributed by atoms with Gasteiger partial charge in [-0.1, -0.05) is 12.1 Å². The van der Waals surface area contributed by atoms with E-state index < -0.39 is 0 Å². The fraction of sp³-hybridized carbons (Fsp3) is 0.429. The summed E-state index contributed by atoms with van der Waals surface area (Å²) >= 11 is 0. The summed E-state index contributed by atoms with van der Waals surface area (Å²) in [5, 5.41) is 6.79. The molecule has 2 aromatic rings. The normalized spacial score (nSPS) is 23.6. The molecule has 7 heteroatoms. The highest BCUT2D eigenvalue weighted by Gasteiger charge is 2.41. The van der Waals surface area contributed by atoms with E-state index in [9.17, 15) is 4.39 Å². The largest absolute Gasteiger partial charge is 0.439 e. The minimum atomic E-state index is -0.347. The van der Waals surface area contributed by atoms with Crippen molar-refractivity contribution in [1.82, 2.24) is 15.6 Å². The third-order valence-corrected chi connectivity index (χ3v) is 5.04. The highest BCUT2D eigenvalue weighted by atomic mass is 19.1. The first-order chi connectivity index (χ1) is 13.7. The Labute approximate surface area is 164 Å². The molecule has 148 valence electrons. The number of nitrogens with one attached hydrogen (secondary N) is 2. The van der Waals surface area contributed by atoms with Gasteiger partial charge in [-0.25, -0.2) is 14.4 Å². The van der Waals surface area contributed by atoms with Gasteiger partial charge >= 0.3 is 0 Å². The molecule has 6 nitrogen and oxygen atoms in total. The Morgan fingerprint density at radius 1 is 1.32 bits per heavy atom. The lowest BCUT2D eigenvalue weighted by molar-refractivity contribution is 0.0992. The van der Waals surface area contributed by atoms with Gasteiger partial charge in [-0.05, 0) is 44.4 Å². The lowest BCUT2D eigenvalue weighted by atomic mass is 9.96. The third kappa shape index (κ3) is 4.42. The summed E-state index contributed by atoms with van der Waals surface area (Å²) in [7, 11) is 0. The number of fused-ring (bicyclic) bond motifs is 2. The highest BCUT2D eigenvalue weighted by molar-refractivity contribution is 5.80. The maximum atomic E-state index is 13.4. The predicted octanol–water partition coefficient (Wildman–Crippen LogP) is 3.39. The zero-order valence-corrected chi connectivity index (χ0v) is 15.9. The van der Waals surface area contributed by atoms with Crippen LogP contribution in [0.4, 0.5) is 4.39 Å².